The third kappa shape index (κ3) is 3.82. The van der Waals surface area contributed by atoms with E-state index in [9.17, 15) is 17.2 Å². The third-order valence-electron chi connectivity index (χ3n) is 2.44. The Morgan fingerprint density at radius 1 is 0.905 bits per heavy atom. The number of benzene rings is 2. The Labute approximate surface area is 145 Å². The quantitative estimate of drug-likeness (QED) is 0.593. The highest BCUT2D eigenvalue weighted by molar-refractivity contribution is 9.11. The van der Waals surface area contributed by atoms with Crippen molar-refractivity contribution < 1.29 is 17.2 Å². The zero-order valence-corrected chi connectivity index (χ0v) is 15.6. The lowest BCUT2D eigenvalue weighted by Crippen LogP contribution is -2.15. The molecule has 0 aliphatic carbocycles. The van der Waals surface area contributed by atoms with Crippen LogP contribution >= 0.6 is 47.8 Å². The molecule has 0 fully saturated rings. The van der Waals surface area contributed by atoms with Crippen LogP contribution < -0.4 is 4.72 Å². The normalized spacial score (nSPS) is 11.5. The van der Waals surface area contributed by atoms with Crippen LogP contribution in [0, 0.1) is 11.6 Å². The van der Waals surface area contributed by atoms with Crippen LogP contribution in [0.3, 0.4) is 0 Å². The summed E-state index contributed by atoms with van der Waals surface area (Å²) in [6, 6.07) is 6.13. The van der Waals surface area contributed by atoms with Gasteiger partial charge in [0, 0.05) is 15.0 Å². The fraction of sp³-hybridized carbons (Fsp3) is 0. The number of rotatable bonds is 3. The molecule has 0 saturated heterocycles. The zero-order chi connectivity index (χ0) is 15.8. The van der Waals surface area contributed by atoms with Gasteiger partial charge in [0.2, 0.25) is 0 Å². The largest absolute Gasteiger partial charge is 0.277 e. The van der Waals surface area contributed by atoms with Crippen molar-refractivity contribution in [3.05, 3.63) is 55.4 Å². The summed E-state index contributed by atoms with van der Waals surface area (Å²) < 4.78 is 54.4. The van der Waals surface area contributed by atoms with Gasteiger partial charge in [-0.05, 0) is 56.1 Å². The molecule has 0 radical (unpaired) electrons. The molecule has 0 unspecified atom stereocenters. The summed E-state index contributed by atoms with van der Waals surface area (Å²) in [5.74, 6) is -1.67. The summed E-state index contributed by atoms with van der Waals surface area (Å²) in [6.45, 7) is 0. The minimum atomic E-state index is -4.07. The van der Waals surface area contributed by atoms with Gasteiger partial charge in [0.15, 0.2) is 0 Å². The van der Waals surface area contributed by atoms with Crippen LogP contribution in [0.4, 0.5) is 14.5 Å². The van der Waals surface area contributed by atoms with Crippen molar-refractivity contribution in [1.82, 2.24) is 0 Å². The molecule has 0 aliphatic rings. The Kier molecular flexibility index (Phi) is 5.07. The predicted molar refractivity (Wildman–Crippen MR) is 86.7 cm³/mol. The second kappa shape index (κ2) is 6.31. The summed E-state index contributed by atoms with van der Waals surface area (Å²) in [5.41, 5.74) is -0.470. The Balaban J connectivity index is 2.47. The third-order valence-corrected chi connectivity index (χ3v) is 5.90. The Morgan fingerprint density at radius 3 is 2.24 bits per heavy atom. The molecule has 112 valence electrons. The molecule has 21 heavy (non-hydrogen) atoms. The number of anilines is 1. The van der Waals surface area contributed by atoms with E-state index < -0.39 is 27.3 Å². The molecule has 0 saturated carbocycles. The van der Waals surface area contributed by atoms with Gasteiger partial charge < -0.3 is 0 Å². The van der Waals surface area contributed by atoms with Crippen LogP contribution in [-0.2, 0) is 10.0 Å². The summed E-state index contributed by atoms with van der Waals surface area (Å²) in [7, 11) is -4.07. The van der Waals surface area contributed by atoms with E-state index >= 15 is 0 Å². The molecule has 1 N–H and O–H groups in total. The highest BCUT2D eigenvalue weighted by Gasteiger charge is 2.20. The smallest absolute Gasteiger partial charge is 0.263 e. The first kappa shape index (κ1) is 16.9. The standard InChI is InChI=1S/C12H6Br3F2NO2S/c13-6-1-2-7(14)12(3-6)21(19,20)18-11-5-9(16)8(15)4-10(11)17/h1-5,18H. The van der Waals surface area contributed by atoms with E-state index in [-0.39, 0.29) is 9.37 Å². The molecule has 3 nitrogen and oxygen atoms in total. The number of hydrogen-bond donors (Lipinski definition) is 1. The molecule has 0 heterocycles. The first-order valence-corrected chi connectivity index (χ1v) is 9.19. The van der Waals surface area contributed by atoms with Gasteiger partial charge in [0.25, 0.3) is 10.0 Å². The lowest BCUT2D eigenvalue weighted by Gasteiger charge is -2.11. The van der Waals surface area contributed by atoms with Gasteiger partial charge in [0.1, 0.15) is 16.5 Å². The molecule has 9 heteroatoms. The van der Waals surface area contributed by atoms with Crippen LogP contribution in [0.2, 0.25) is 0 Å². The summed E-state index contributed by atoms with van der Waals surface area (Å²) >= 11 is 9.09. The van der Waals surface area contributed by atoms with Crippen LogP contribution in [0.25, 0.3) is 0 Å². The number of nitrogens with one attached hydrogen (secondary N) is 1. The van der Waals surface area contributed by atoms with Crippen molar-refractivity contribution in [2.24, 2.45) is 0 Å². The van der Waals surface area contributed by atoms with Crippen LogP contribution in [-0.4, -0.2) is 8.42 Å². The van der Waals surface area contributed by atoms with Gasteiger partial charge >= 0.3 is 0 Å². The first-order valence-electron chi connectivity index (χ1n) is 5.33. The maximum absolute atomic E-state index is 13.7. The SMILES string of the molecule is O=S(=O)(Nc1cc(F)c(Br)cc1F)c1cc(Br)ccc1Br. The molecule has 0 aliphatic heterocycles. The van der Waals surface area contributed by atoms with Crippen LogP contribution in [0.1, 0.15) is 0 Å². The first-order chi connectivity index (χ1) is 9.70. The molecule has 0 spiro atoms. The van der Waals surface area contributed by atoms with Gasteiger partial charge in [-0.3, -0.25) is 4.72 Å². The van der Waals surface area contributed by atoms with Crippen molar-refractivity contribution in [2.75, 3.05) is 4.72 Å². The van der Waals surface area contributed by atoms with Crippen molar-refractivity contribution in [1.29, 1.82) is 0 Å². The lowest BCUT2D eigenvalue weighted by molar-refractivity contribution is 0.591. The zero-order valence-electron chi connectivity index (χ0n) is 10.0. The maximum atomic E-state index is 13.7. The summed E-state index contributed by atoms with van der Waals surface area (Å²) in [4.78, 5) is -0.0976. The van der Waals surface area contributed by atoms with E-state index in [1.165, 1.54) is 12.1 Å². The van der Waals surface area contributed by atoms with E-state index in [0.717, 1.165) is 12.1 Å². The van der Waals surface area contributed by atoms with Crippen LogP contribution in [0.15, 0.2) is 48.6 Å². The Hall–Kier alpha value is -0.510. The highest BCUT2D eigenvalue weighted by atomic mass is 79.9. The fourth-order valence-corrected chi connectivity index (χ4v) is 4.36. The molecular weight excluding hydrogens is 500 g/mol. The second-order valence-electron chi connectivity index (χ2n) is 3.93. The molecular formula is C12H6Br3F2NO2S. The summed E-state index contributed by atoms with van der Waals surface area (Å²) in [6.07, 6.45) is 0. The van der Waals surface area contributed by atoms with Gasteiger partial charge in [-0.1, -0.05) is 15.9 Å². The van der Waals surface area contributed by atoms with Gasteiger partial charge in [-0.2, -0.15) is 0 Å². The van der Waals surface area contributed by atoms with Crippen molar-refractivity contribution in [3.63, 3.8) is 0 Å². The lowest BCUT2D eigenvalue weighted by atomic mass is 10.3. The summed E-state index contributed by atoms with van der Waals surface area (Å²) in [5, 5.41) is 0. The van der Waals surface area contributed by atoms with E-state index in [0.29, 0.717) is 8.95 Å². The van der Waals surface area contributed by atoms with E-state index in [1.807, 2.05) is 4.72 Å². The highest BCUT2D eigenvalue weighted by Crippen LogP contribution is 2.29. The minimum absolute atomic E-state index is 0.0911. The van der Waals surface area contributed by atoms with E-state index in [4.69, 9.17) is 0 Å². The van der Waals surface area contributed by atoms with E-state index in [2.05, 4.69) is 47.8 Å². The van der Waals surface area contributed by atoms with Gasteiger partial charge in [-0.25, -0.2) is 17.2 Å². The molecule has 0 bridgehead atoms. The molecule has 2 rings (SSSR count). The molecule has 0 atom stereocenters. The van der Waals surface area contributed by atoms with Gasteiger partial charge in [0.05, 0.1) is 10.2 Å². The monoisotopic (exact) mass is 503 g/mol. The van der Waals surface area contributed by atoms with E-state index in [1.54, 1.807) is 6.07 Å². The Bertz CT molecular complexity index is 812. The second-order valence-corrected chi connectivity index (χ2v) is 8.20. The number of sulfonamides is 1. The van der Waals surface area contributed by atoms with Crippen molar-refractivity contribution in [2.45, 2.75) is 4.90 Å². The molecule has 2 aromatic carbocycles. The van der Waals surface area contributed by atoms with Gasteiger partial charge in [-0.15, -0.1) is 0 Å². The minimum Gasteiger partial charge on any atom is -0.277 e. The maximum Gasteiger partial charge on any atom is 0.263 e. The topological polar surface area (TPSA) is 46.2 Å². The number of hydrogen-bond acceptors (Lipinski definition) is 2. The van der Waals surface area contributed by atoms with Crippen molar-refractivity contribution in [3.8, 4) is 0 Å². The molecule has 0 amide bonds. The molecule has 0 aromatic heterocycles. The number of halogens is 5. The van der Waals surface area contributed by atoms with Crippen LogP contribution in [0.5, 0.6) is 0 Å². The fourth-order valence-electron chi connectivity index (χ4n) is 1.48. The predicted octanol–water partition coefficient (Wildman–Crippen LogP) is 5.05. The average Bonchev–Trinajstić information content (AvgIpc) is 2.38. The molecule has 2 aromatic rings. The van der Waals surface area contributed by atoms with Crippen molar-refractivity contribution >= 4 is 63.5 Å². The average molecular weight is 506 g/mol. The Morgan fingerprint density at radius 2 is 1.57 bits per heavy atom.